The van der Waals surface area contributed by atoms with Gasteiger partial charge >= 0.3 is 13.7 Å². The quantitative estimate of drug-likeness (QED) is 0.460. The Morgan fingerprint density at radius 1 is 1.29 bits per heavy atom. The van der Waals surface area contributed by atoms with E-state index in [1.54, 1.807) is 24.3 Å². The van der Waals surface area contributed by atoms with E-state index in [0.29, 0.717) is 17.6 Å². The van der Waals surface area contributed by atoms with Crippen molar-refractivity contribution in [3.8, 4) is 0 Å². The van der Waals surface area contributed by atoms with Gasteiger partial charge in [0, 0.05) is 24.3 Å². The van der Waals surface area contributed by atoms with Crippen molar-refractivity contribution in [2.24, 2.45) is 0 Å². The van der Waals surface area contributed by atoms with E-state index in [9.17, 15) is 4.57 Å². The SMILES string of the molecule is C[N+](C)(C)CCO[P+](=O)c1ccc([N+]#N)cc1. The zero-order chi connectivity index (χ0) is 12.9. The summed E-state index contributed by atoms with van der Waals surface area (Å²) in [5.74, 6) is 0. The molecule has 0 aliphatic rings. The van der Waals surface area contributed by atoms with Crippen LogP contribution in [0.2, 0.25) is 0 Å². The molecule has 1 atom stereocenters. The molecule has 0 saturated carbocycles. The normalized spacial score (nSPS) is 12.0. The Labute approximate surface area is 102 Å². The second-order valence-corrected chi connectivity index (χ2v) is 6.01. The molecular weight excluding hydrogens is 237 g/mol. The van der Waals surface area contributed by atoms with Gasteiger partial charge in [0.05, 0.1) is 21.1 Å². The molecule has 0 aromatic heterocycles. The van der Waals surface area contributed by atoms with Gasteiger partial charge in [0.1, 0.15) is 6.54 Å². The molecule has 5 nitrogen and oxygen atoms in total. The van der Waals surface area contributed by atoms with Gasteiger partial charge in [-0.05, 0) is 4.57 Å². The van der Waals surface area contributed by atoms with Crippen LogP contribution in [0, 0.1) is 5.39 Å². The van der Waals surface area contributed by atoms with E-state index in [4.69, 9.17) is 9.92 Å². The van der Waals surface area contributed by atoms with Crippen molar-refractivity contribution in [1.29, 1.82) is 5.39 Å². The monoisotopic (exact) mass is 254 g/mol. The lowest BCUT2D eigenvalue weighted by atomic mass is 10.3. The van der Waals surface area contributed by atoms with E-state index in [0.717, 1.165) is 11.0 Å². The minimum absolute atomic E-state index is 0.434. The minimum atomic E-state index is -1.83. The van der Waals surface area contributed by atoms with Gasteiger partial charge in [-0.2, -0.15) is 0 Å². The lowest BCUT2D eigenvalue weighted by Gasteiger charge is -2.21. The molecule has 1 aromatic rings. The molecule has 6 heteroatoms. The third kappa shape index (κ3) is 5.01. The molecule has 0 fully saturated rings. The highest BCUT2D eigenvalue weighted by Gasteiger charge is 2.24. The van der Waals surface area contributed by atoms with Crippen molar-refractivity contribution in [3.05, 3.63) is 29.2 Å². The fraction of sp³-hybridized carbons (Fsp3) is 0.455. The van der Waals surface area contributed by atoms with Crippen LogP contribution in [0.1, 0.15) is 0 Å². The molecule has 0 aliphatic carbocycles. The molecule has 0 bridgehead atoms. The molecule has 0 heterocycles. The highest BCUT2D eigenvalue weighted by atomic mass is 31.1. The van der Waals surface area contributed by atoms with Crippen LogP contribution in [0.5, 0.6) is 0 Å². The van der Waals surface area contributed by atoms with Gasteiger partial charge < -0.3 is 4.48 Å². The van der Waals surface area contributed by atoms with Crippen molar-refractivity contribution in [2.45, 2.75) is 0 Å². The first kappa shape index (κ1) is 13.7. The zero-order valence-corrected chi connectivity index (χ0v) is 11.2. The van der Waals surface area contributed by atoms with Gasteiger partial charge in [0.25, 0.3) is 0 Å². The van der Waals surface area contributed by atoms with Crippen LogP contribution >= 0.6 is 8.03 Å². The van der Waals surface area contributed by atoms with Crippen LogP contribution in [0.25, 0.3) is 4.98 Å². The maximum atomic E-state index is 11.8. The van der Waals surface area contributed by atoms with Crippen LogP contribution in [0.3, 0.4) is 0 Å². The summed E-state index contributed by atoms with van der Waals surface area (Å²) < 4.78 is 17.8. The van der Waals surface area contributed by atoms with E-state index in [2.05, 4.69) is 4.98 Å². The van der Waals surface area contributed by atoms with Crippen molar-refractivity contribution < 1.29 is 13.6 Å². The average molecular weight is 254 g/mol. The van der Waals surface area contributed by atoms with E-state index in [-0.39, 0.29) is 0 Å². The molecule has 1 rings (SSSR count). The van der Waals surface area contributed by atoms with Crippen LogP contribution < -0.4 is 5.30 Å². The first-order chi connectivity index (χ1) is 7.92. The molecule has 0 spiro atoms. The smallest absolute Gasteiger partial charge is 0.329 e. The van der Waals surface area contributed by atoms with Gasteiger partial charge in [0.2, 0.25) is 10.7 Å². The molecule has 17 heavy (non-hydrogen) atoms. The maximum Gasteiger partial charge on any atom is 0.548 e. The topological polar surface area (TPSA) is 54.5 Å². The summed E-state index contributed by atoms with van der Waals surface area (Å²) in [5.41, 5.74) is 0.434. The molecule has 0 N–H and O–H groups in total. The van der Waals surface area contributed by atoms with Crippen LogP contribution in [-0.2, 0) is 9.09 Å². The molecule has 0 saturated heterocycles. The number of rotatable bonds is 5. The molecule has 1 aromatic carbocycles. The van der Waals surface area contributed by atoms with Gasteiger partial charge in [-0.15, -0.1) is 4.52 Å². The Morgan fingerprint density at radius 3 is 2.35 bits per heavy atom. The number of likely N-dealkylation sites (N-methyl/N-ethyl adjacent to an activating group) is 1. The average Bonchev–Trinajstić information content (AvgIpc) is 2.27. The lowest BCUT2D eigenvalue weighted by Crippen LogP contribution is -2.37. The number of hydrogen-bond donors (Lipinski definition) is 0. The Kier molecular flexibility index (Phi) is 4.71. The largest absolute Gasteiger partial charge is 0.548 e. The molecular formula is C11H17N3O2P+3. The predicted molar refractivity (Wildman–Crippen MR) is 67.3 cm³/mol. The Balaban J connectivity index is 2.50. The van der Waals surface area contributed by atoms with Crippen molar-refractivity contribution in [2.75, 3.05) is 34.3 Å². The second-order valence-electron chi connectivity index (χ2n) is 4.72. The zero-order valence-electron chi connectivity index (χ0n) is 10.3. The summed E-state index contributed by atoms with van der Waals surface area (Å²) in [4.78, 5) is 3.03. The predicted octanol–water partition coefficient (Wildman–Crippen LogP) is 2.26. The third-order valence-corrected chi connectivity index (χ3v) is 3.28. The first-order valence-corrected chi connectivity index (χ1v) is 6.46. The number of hydrogen-bond acceptors (Lipinski definition) is 3. The van der Waals surface area contributed by atoms with Crippen LogP contribution in [-0.4, -0.2) is 38.8 Å². The summed E-state index contributed by atoms with van der Waals surface area (Å²) in [6, 6.07) is 6.46. The fourth-order valence-corrected chi connectivity index (χ4v) is 1.90. The van der Waals surface area contributed by atoms with Crippen LogP contribution in [0.15, 0.2) is 24.3 Å². The van der Waals surface area contributed by atoms with Gasteiger partial charge in [-0.1, -0.05) is 0 Å². The third-order valence-electron chi connectivity index (χ3n) is 2.15. The van der Waals surface area contributed by atoms with E-state index in [1.165, 1.54) is 0 Å². The molecule has 0 aliphatic heterocycles. The van der Waals surface area contributed by atoms with Crippen molar-refractivity contribution in [3.63, 3.8) is 0 Å². The van der Waals surface area contributed by atoms with Crippen molar-refractivity contribution in [1.82, 2.24) is 0 Å². The molecule has 0 radical (unpaired) electrons. The van der Waals surface area contributed by atoms with Gasteiger partial charge in [-0.25, -0.2) is 0 Å². The lowest BCUT2D eigenvalue weighted by molar-refractivity contribution is -0.870. The fourth-order valence-electron chi connectivity index (χ4n) is 1.11. The van der Waals surface area contributed by atoms with E-state index in [1.807, 2.05) is 21.1 Å². The van der Waals surface area contributed by atoms with Gasteiger partial charge in [0.15, 0.2) is 11.6 Å². The summed E-state index contributed by atoms with van der Waals surface area (Å²) in [5, 5.41) is 9.12. The Hall–Kier alpha value is -1.34. The number of nitrogens with zero attached hydrogens (tertiary/aromatic N) is 3. The second kappa shape index (κ2) is 5.83. The minimum Gasteiger partial charge on any atom is -0.329 e. The maximum absolute atomic E-state index is 11.8. The first-order valence-electron chi connectivity index (χ1n) is 5.28. The summed E-state index contributed by atoms with van der Waals surface area (Å²) in [6.07, 6.45) is 0. The number of diazo groups is 1. The highest BCUT2D eigenvalue weighted by Crippen LogP contribution is 2.22. The summed E-state index contributed by atoms with van der Waals surface area (Å²) in [6.45, 7) is 1.25. The molecule has 90 valence electrons. The van der Waals surface area contributed by atoms with Crippen molar-refractivity contribution >= 4 is 19.0 Å². The van der Waals surface area contributed by atoms with Gasteiger partial charge in [-0.3, -0.25) is 0 Å². The van der Waals surface area contributed by atoms with E-state index >= 15 is 0 Å². The number of benzene rings is 1. The Morgan fingerprint density at radius 2 is 1.88 bits per heavy atom. The van der Waals surface area contributed by atoms with Crippen LogP contribution in [0.4, 0.5) is 5.69 Å². The highest BCUT2D eigenvalue weighted by molar-refractivity contribution is 7.48. The summed E-state index contributed by atoms with van der Waals surface area (Å²) >= 11 is 0. The number of quaternary nitrogens is 1. The standard InChI is InChI=1S/C11H17N3O2P/c1-14(2,3)8-9-16-17(15)11-6-4-10(13-12)5-7-11/h4-7H,8-9H2,1-3H3/q+3. The molecule has 1 unspecified atom stereocenters. The Bertz CT molecular complexity index is 432. The molecule has 0 amide bonds. The summed E-state index contributed by atoms with van der Waals surface area (Å²) in [7, 11) is 4.32. The van der Waals surface area contributed by atoms with E-state index < -0.39 is 8.03 Å².